The van der Waals surface area contributed by atoms with E-state index in [0.717, 1.165) is 38.5 Å². The number of carbonyl (C=O) groups excluding carboxylic acids is 2. The minimum absolute atomic E-state index is 0.117. The summed E-state index contributed by atoms with van der Waals surface area (Å²) in [5.41, 5.74) is 0. The van der Waals surface area contributed by atoms with Gasteiger partial charge in [0, 0.05) is 38.0 Å². The van der Waals surface area contributed by atoms with Gasteiger partial charge in [-0.2, -0.15) is 0 Å². The average molecular weight is 447 g/mol. The van der Waals surface area contributed by atoms with E-state index in [1.54, 1.807) is 0 Å². The van der Waals surface area contributed by atoms with Crippen LogP contribution >= 0.6 is 0 Å². The second-order valence-electron chi connectivity index (χ2n) is 9.69. The molecule has 32 heavy (non-hydrogen) atoms. The van der Waals surface area contributed by atoms with Crippen LogP contribution in [0, 0.1) is 0 Å². The van der Waals surface area contributed by atoms with Gasteiger partial charge in [-0.1, -0.05) is 63.5 Å². The molecule has 0 bridgehead atoms. The molecule has 1 fully saturated rings. The number of unbranched alkanes of at least 4 members (excludes halogenated alkanes) is 12. The van der Waals surface area contributed by atoms with E-state index in [2.05, 4.69) is 27.0 Å². The largest absolute Gasteiger partial charge is 0.336 e. The van der Waals surface area contributed by atoms with E-state index in [-0.39, 0.29) is 23.9 Å². The van der Waals surface area contributed by atoms with Crippen molar-refractivity contribution in [3.05, 3.63) is 25.3 Å². The van der Waals surface area contributed by atoms with Gasteiger partial charge < -0.3 is 9.80 Å². The number of rotatable bonds is 18. The molecule has 0 radical (unpaired) electrons. The van der Waals surface area contributed by atoms with E-state index in [4.69, 9.17) is 0 Å². The third-order valence-corrected chi connectivity index (χ3v) is 6.72. The first kappa shape index (κ1) is 28.5. The Kier molecular flexibility index (Phi) is 15.9. The Morgan fingerprint density at radius 1 is 0.625 bits per heavy atom. The van der Waals surface area contributed by atoms with Crippen LogP contribution in [0.2, 0.25) is 0 Å². The fourth-order valence-corrected chi connectivity index (χ4v) is 4.65. The van der Waals surface area contributed by atoms with E-state index in [1.165, 1.54) is 51.4 Å². The highest BCUT2D eigenvalue weighted by molar-refractivity contribution is 5.79. The standard InChI is InChI=1S/C28H50N2O2/c1-5-7-9-11-13-15-17-19-21-27(31)29-23-26(4)30(24-25(29)3)28(32)22-20-18-16-14-12-10-8-6-2/h5-6,25-26H,1-2,7-24H2,3-4H3. The molecule has 2 amide bonds. The average Bonchev–Trinajstić information content (AvgIpc) is 2.78. The van der Waals surface area contributed by atoms with Crippen molar-refractivity contribution in [2.45, 2.75) is 129 Å². The molecule has 0 N–H and O–H groups in total. The normalized spacial score (nSPS) is 18.6. The van der Waals surface area contributed by atoms with Crippen molar-refractivity contribution in [2.75, 3.05) is 13.1 Å². The maximum absolute atomic E-state index is 12.7. The topological polar surface area (TPSA) is 40.6 Å². The third kappa shape index (κ3) is 11.9. The molecule has 4 heteroatoms. The lowest BCUT2D eigenvalue weighted by atomic mass is 10.0. The molecule has 1 saturated heterocycles. The van der Waals surface area contributed by atoms with E-state index in [0.29, 0.717) is 25.9 Å². The van der Waals surface area contributed by atoms with E-state index < -0.39 is 0 Å². The SMILES string of the molecule is C=CCCCCCCCCC(=O)N1CC(C)N(C(=O)CCCCCCCCC=C)CC1C. The minimum Gasteiger partial charge on any atom is -0.336 e. The smallest absolute Gasteiger partial charge is 0.222 e. The molecule has 1 rings (SSSR count). The Morgan fingerprint density at radius 2 is 0.938 bits per heavy atom. The van der Waals surface area contributed by atoms with Crippen LogP contribution in [0.15, 0.2) is 25.3 Å². The summed E-state index contributed by atoms with van der Waals surface area (Å²) in [6, 6.07) is 0.234. The van der Waals surface area contributed by atoms with Gasteiger partial charge in [0.05, 0.1) is 0 Å². The van der Waals surface area contributed by atoms with Crippen LogP contribution in [0.4, 0.5) is 0 Å². The van der Waals surface area contributed by atoms with Crippen molar-refractivity contribution in [3.8, 4) is 0 Å². The third-order valence-electron chi connectivity index (χ3n) is 6.72. The fourth-order valence-electron chi connectivity index (χ4n) is 4.65. The molecule has 0 aromatic carbocycles. The zero-order valence-corrected chi connectivity index (χ0v) is 21.2. The van der Waals surface area contributed by atoms with Gasteiger partial charge in [-0.05, 0) is 52.4 Å². The van der Waals surface area contributed by atoms with Crippen molar-refractivity contribution in [1.29, 1.82) is 0 Å². The van der Waals surface area contributed by atoms with Gasteiger partial charge in [-0.3, -0.25) is 9.59 Å². The number of piperazine rings is 1. The summed E-state index contributed by atoms with van der Waals surface area (Å²) in [5, 5.41) is 0. The Bertz CT molecular complexity index is 498. The van der Waals surface area contributed by atoms with Crippen molar-refractivity contribution < 1.29 is 9.59 Å². The van der Waals surface area contributed by atoms with Crippen LogP contribution < -0.4 is 0 Å². The molecule has 0 aromatic heterocycles. The number of amides is 2. The number of carbonyl (C=O) groups is 2. The van der Waals surface area contributed by atoms with Crippen molar-refractivity contribution in [3.63, 3.8) is 0 Å². The highest BCUT2D eigenvalue weighted by atomic mass is 16.2. The fraction of sp³-hybridized carbons (Fsp3) is 0.786. The predicted molar refractivity (Wildman–Crippen MR) is 137 cm³/mol. The van der Waals surface area contributed by atoms with Crippen LogP contribution in [0.5, 0.6) is 0 Å². The number of hydrogen-bond acceptors (Lipinski definition) is 2. The van der Waals surface area contributed by atoms with Gasteiger partial charge in [0.15, 0.2) is 0 Å². The summed E-state index contributed by atoms with van der Waals surface area (Å²) >= 11 is 0. The Balaban J connectivity index is 2.21. The van der Waals surface area contributed by atoms with Crippen LogP contribution in [-0.4, -0.2) is 46.8 Å². The molecular weight excluding hydrogens is 396 g/mol. The maximum Gasteiger partial charge on any atom is 0.222 e. The van der Waals surface area contributed by atoms with Crippen molar-refractivity contribution in [2.24, 2.45) is 0 Å². The van der Waals surface area contributed by atoms with Crippen molar-refractivity contribution in [1.82, 2.24) is 9.80 Å². The molecule has 2 unspecified atom stereocenters. The number of hydrogen-bond donors (Lipinski definition) is 0. The summed E-state index contributed by atoms with van der Waals surface area (Å²) in [7, 11) is 0. The second kappa shape index (κ2) is 17.9. The van der Waals surface area contributed by atoms with Gasteiger partial charge in [0.1, 0.15) is 0 Å². The Hall–Kier alpha value is -1.58. The van der Waals surface area contributed by atoms with Gasteiger partial charge in [-0.25, -0.2) is 0 Å². The first-order valence-corrected chi connectivity index (χ1v) is 13.3. The lowest BCUT2D eigenvalue weighted by molar-refractivity contribution is -0.145. The molecule has 184 valence electrons. The van der Waals surface area contributed by atoms with E-state index in [1.807, 2.05) is 22.0 Å². The minimum atomic E-state index is 0.117. The quantitative estimate of drug-likeness (QED) is 0.167. The molecule has 0 aliphatic carbocycles. The van der Waals surface area contributed by atoms with Gasteiger partial charge >= 0.3 is 0 Å². The first-order chi connectivity index (χ1) is 15.5. The summed E-state index contributed by atoms with van der Waals surface area (Å²) in [5.74, 6) is 0.527. The van der Waals surface area contributed by atoms with Crippen LogP contribution in [0.25, 0.3) is 0 Å². The van der Waals surface area contributed by atoms with Gasteiger partial charge in [0.2, 0.25) is 11.8 Å². The predicted octanol–water partition coefficient (Wildman–Crippen LogP) is 7.05. The zero-order chi connectivity index (χ0) is 23.6. The molecule has 2 atom stereocenters. The molecule has 1 aliphatic rings. The molecule has 4 nitrogen and oxygen atoms in total. The van der Waals surface area contributed by atoms with E-state index >= 15 is 0 Å². The molecular formula is C28H50N2O2. The monoisotopic (exact) mass is 446 g/mol. The molecule has 0 saturated carbocycles. The first-order valence-electron chi connectivity index (χ1n) is 13.3. The number of nitrogens with zero attached hydrogens (tertiary/aromatic N) is 2. The van der Waals surface area contributed by atoms with Crippen LogP contribution in [0.1, 0.15) is 117 Å². The highest BCUT2D eigenvalue weighted by Crippen LogP contribution is 2.20. The zero-order valence-electron chi connectivity index (χ0n) is 21.2. The van der Waals surface area contributed by atoms with E-state index in [9.17, 15) is 9.59 Å². The molecule has 0 spiro atoms. The van der Waals surface area contributed by atoms with Gasteiger partial charge in [-0.15, -0.1) is 13.2 Å². The lowest BCUT2D eigenvalue weighted by Gasteiger charge is -2.44. The summed E-state index contributed by atoms with van der Waals surface area (Å²) in [4.78, 5) is 29.5. The van der Waals surface area contributed by atoms with Gasteiger partial charge in [0.25, 0.3) is 0 Å². The summed E-state index contributed by atoms with van der Waals surface area (Å²) < 4.78 is 0. The van der Waals surface area contributed by atoms with Crippen LogP contribution in [-0.2, 0) is 9.59 Å². The highest BCUT2D eigenvalue weighted by Gasteiger charge is 2.33. The lowest BCUT2D eigenvalue weighted by Crippen LogP contribution is -2.59. The molecule has 1 heterocycles. The summed E-state index contributed by atoms with van der Waals surface area (Å²) in [6.07, 6.45) is 21.7. The summed E-state index contributed by atoms with van der Waals surface area (Å²) in [6.45, 7) is 13.1. The van der Waals surface area contributed by atoms with Crippen LogP contribution in [0.3, 0.4) is 0 Å². The van der Waals surface area contributed by atoms with Crippen molar-refractivity contribution >= 4 is 11.8 Å². The molecule has 1 aliphatic heterocycles. The number of allylic oxidation sites excluding steroid dienone is 2. The maximum atomic E-state index is 12.7. The Morgan fingerprint density at radius 3 is 1.28 bits per heavy atom. The second-order valence-corrected chi connectivity index (χ2v) is 9.69. The Labute approximate surface area is 198 Å². The molecule has 0 aromatic rings.